The Morgan fingerprint density at radius 1 is 1.33 bits per heavy atom. The third kappa shape index (κ3) is 3.20. The number of pyridine rings is 1. The zero-order chi connectivity index (χ0) is 12.8. The van der Waals surface area contributed by atoms with Gasteiger partial charge in [-0.15, -0.1) is 0 Å². The quantitative estimate of drug-likeness (QED) is 0.812. The summed E-state index contributed by atoms with van der Waals surface area (Å²) >= 11 is 0. The summed E-state index contributed by atoms with van der Waals surface area (Å²) in [6, 6.07) is 4.62. The molecule has 1 aliphatic carbocycles. The molecule has 2 nitrogen and oxygen atoms in total. The van der Waals surface area contributed by atoms with E-state index in [4.69, 9.17) is 0 Å². The van der Waals surface area contributed by atoms with Crippen LogP contribution in [0.4, 0.5) is 0 Å². The Labute approximate surface area is 111 Å². The summed E-state index contributed by atoms with van der Waals surface area (Å²) in [5.74, 6) is 0. The lowest BCUT2D eigenvalue weighted by Crippen LogP contribution is -2.24. The van der Waals surface area contributed by atoms with Gasteiger partial charge in [-0.3, -0.25) is 4.98 Å². The Kier molecular flexibility index (Phi) is 4.94. The fourth-order valence-electron chi connectivity index (χ4n) is 2.75. The summed E-state index contributed by atoms with van der Waals surface area (Å²) in [7, 11) is 0. The molecule has 0 saturated carbocycles. The molecule has 1 atom stereocenters. The second kappa shape index (κ2) is 6.69. The number of nitrogens with zero attached hydrogens (tertiary/aromatic N) is 1. The molecule has 0 amide bonds. The van der Waals surface area contributed by atoms with Crippen LogP contribution >= 0.6 is 0 Å². The minimum atomic E-state index is 0.363. The number of rotatable bonds is 4. The average Bonchev–Trinajstić information content (AvgIpc) is 2.66. The van der Waals surface area contributed by atoms with Gasteiger partial charge in [0, 0.05) is 11.9 Å². The SMILES string of the molecule is CCNC(C1=CCCCCC1)c1cccnc1C. The van der Waals surface area contributed by atoms with Gasteiger partial charge in [-0.1, -0.05) is 31.1 Å². The zero-order valence-corrected chi connectivity index (χ0v) is 11.6. The van der Waals surface area contributed by atoms with Crippen molar-refractivity contribution in [3.63, 3.8) is 0 Å². The molecule has 0 saturated heterocycles. The van der Waals surface area contributed by atoms with E-state index >= 15 is 0 Å². The normalized spacial score (nSPS) is 18.0. The first kappa shape index (κ1) is 13.3. The lowest BCUT2D eigenvalue weighted by atomic mass is 9.94. The van der Waals surface area contributed by atoms with E-state index in [1.165, 1.54) is 37.7 Å². The van der Waals surface area contributed by atoms with Crippen LogP contribution < -0.4 is 5.32 Å². The van der Waals surface area contributed by atoms with Crippen molar-refractivity contribution in [3.05, 3.63) is 41.2 Å². The molecule has 98 valence electrons. The van der Waals surface area contributed by atoms with Gasteiger partial charge >= 0.3 is 0 Å². The number of aryl methyl sites for hydroxylation is 1. The molecular formula is C16H24N2. The number of hydrogen-bond donors (Lipinski definition) is 1. The molecule has 1 aromatic heterocycles. The molecular weight excluding hydrogens is 220 g/mol. The van der Waals surface area contributed by atoms with E-state index in [9.17, 15) is 0 Å². The zero-order valence-electron chi connectivity index (χ0n) is 11.6. The van der Waals surface area contributed by atoms with Crippen LogP contribution in [-0.4, -0.2) is 11.5 Å². The number of likely N-dealkylation sites (N-methyl/N-ethyl adjacent to an activating group) is 1. The smallest absolute Gasteiger partial charge is 0.0553 e. The first-order valence-electron chi connectivity index (χ1n) is 7.16. The van der Waals surface area contributed by atoms with Crippen molar-refractivity contribution >= 4 is 0 Å². The second-order valence-corrected chi connectivity index (χ2v) is 5.05. The van der Waals surface area contributed by atoms with Crippen LogP contribution in [0.25, 0.3) is 0 Å². The molecule has 2 rings (SSSR count). The molecule has 0 aliphatic heterocycles. The highest BCUT2D eigenvalue weighted by atomic mass is 14.9. The predicted octanol–water partition coefficient (Wildman–Crippen LogP) is 3.93. The van der Waals surface area contributed by atoms with Crippen molar-refractivity contribution in [3.8, 4) is 0 Å². The summed E-state index contributed by atoms with van der Waals surface area (Å²) in [5.41, 5.74) is 4.05. The number of allylic oxidation sites excluding steroid dienone is 1. The highest BCUT2D eigenvalue weighted by Crippen LogP contribution is 2.30. The number of hydrogen-bond acceptors (Lipinski definition) is 2. The van der Waals surface area contributed by atoms with Crippen LogP contribution in [0.5, 0.6) is 0 Å². The molecule has 0 aromatic carbocycles. The van der Waals surface area contributed by atoms with Crippen LogP contribution in [0.2, 0.25) is 0 Å². The molecule has 1 aliphatic rings. The molecule has 2 heteroatoms. The highest BCUT2D eigenvalue weighted by molar-refractivity contribution is 5.31. The van der Waals surface area contributed by atoms with Crippen molar-refractivity contribution < 1.29 is 0 Å². The fourth-order valence-corrected chi connectivity index (χ4v) is 2.75. The van der Waals surface area contributed by atoms with Crippen molar-refractivity contribution in [2.45, 2.75) is 52.0 Å². The van der Waals surface area contributed by atoms with E-state index < -0.39 is 0 Å². The van der Waals surface area contributed by atoms with Crippen LogP contribution in [0.15, 0.2) is 30.0 Å². The second-order valence-electron chi connectivity index (χ2n) is 5.05. The molecule has 1 unspecified atom stereocenters. The van der Waals surface area contributed by atoms with Crippen molar-refractivity contribution in [1.82, 2.24) is 10.3 Å². The van der Waals surface area contributed by atoms with E-state index in [0.29, 0.717) is 6.04 Å². The largest absolute Gasteiger partial charge is 0.307 e. The third-order valence-corrected chi connectivity index (χ3v) is 3.71. The Morgan fingerprint density at radius 2 is 2.22 bits per heavy atom. The van der Waals surface area contributed by atoms with Gasteiger partial charge in [-0.25, -0.2) is 0 Å². The van der Waals surface area contributed by atoms with Crippen LogP contribution in [0, 0.1) is 6.92 Å². The van der Waals surface area contributed by atoms with Crippen LogP contribution in [0.1, 0.15) is 56.3 Å². The van der Waals surface area contributed by atoms with Crippen molar-refractivity contribution in [2.24, 2.45) is 0 Å². The fraction of sp³-hybridized carbons (Fsp3) is 0.562. The van der Waals surface area contributed by atoms with Gasteiger partial charge in [0.1, 0.15) is 0 Å². The van der Waals surface area contributed by atoms with E-state index in [0.717, 1.165) is 12.2 Å². The Hall–Kier alpha value is -1.15. The Morgan fingerprint density at radius 3 is 3.00 bits per heavy atom. The first-order valence-corrected chi connectivity index (χ1v) is 7.16. The molecule has 1 aromatic rings. The summed E-state index contributed by atoms with van der Waals surface area (Å²) in [6.45, 7) is 5.28. The van der Waals surface area contributed by atoms with Crippen molar-refractivity contribution in [2.75, 3.05) is 6.54 Å². The molecule has 1 heterocycles. The van der Waals surface area contributed by atoms with Crippen LogP contribution in [0.3, 0.4) is 0 Å². The minimum absolute atomic E-state index is 0.363. The molecule has 0 bridgehead atoms. The molecule has 1 N–H and O–H groups in total. The lowest BCUT2D eigenvalue weighted by Gasteiger charge is -2.22. The standard InChI is InChI=1S/C16H24N2/c1-3-17-16(14-9-6-4-5-7-10-14)15-11-8-12-18-13(15)2/h8-9,11-12,16-17H,3-7,10H2,1-2H3. The third-order valence-electron chi connectivity index (χ3n) is 3.71. The van der Waals surface area contributed by atoms with Gasteiger partial charge in [0.15, 0.2) is 0 Å². The summed E-state index contributed by atoms with van der Waals surface area (Å²) in [4.78, 5) is 4.43. The van der Waals surface area contributed by atoms with E-state index in [-0.39, 0.29) is 0 Å². The predicted molar refractivity (Wildman–Crippen MR) is 76.6 cm³/mol. The first-order chi connectivity index (χ1) is 8.83. The number of aromatic nitrogens is 1. The van der Waals surface area contributed by atoms with Gasteiger partial charge in [0.2, 0.25) is 0 Å². The Bertz CT molecular complexity index is 409. The van der Waals surface area contributed by atoms with E-state index in [2.05, 4.69) is 36.3 Å². The van der Waals surface area contributed by atoms with E-state index in [1.54, 1.807) is 5.57 Å². The molecule has 0 radical (unpaired) electrons. The molecule has 0 spiro atoms. The maximum Gasteiger partial charge on any atom is 0.0553 e. The average molecular weight is 244 g/mol. The van der Waals surface area contributed by atoms with E-state index in [1.807, 2.05) is 12.3 Å². The summed E-state index contributed by atoms with van der Waals surface area (Å²) in [5, 5.41) is 3.63. The van der Waals surface area contributed by atoms with Gasteiger partial charge in [0.25, 0.3) is 0 Å². The molecule has 0 fully saturated rings. The van der Waals surface area contributed by atoms with Crippen molar-refractivity contribution in [1.29, 1.82) is 0 Å². The number of nitrogens with one attached hydrogen (secondary N) is 1. The highest BCUT2D eigenvalue weighted by Gasteiger charge is 2.18. The summed E-state index contributed by atoms with van der Waals surface area (Å²) < 4.78 is 0. The maximum atomic E-state index is 4.43. The van der Waals surface area contributed by atoms with Gasteiger partial charge in [-0.05, 0) is 50.8 Å². The monoisotopic (exact) mass is 244 g/mol. The van der Waals surface area contributed by atoms with Gasteiger partial charge in [-0.2, -0.15) is 0 Å². The minimum Gasteiger partial charge on any atom is -0.307 e. The topological polar surface area (TPSA) is 24.9 Å². The summed E-state index contributed by atoms with van der Waals surface area (Å²) in [6.07, 6.45) is 10.8. The molecule has 18 heavy (non-hydrogen) atoms. The Balaban J connectivity index is 2.27. The van der Waals surface area contributed by atoms with Crippen LogP contribution in [-0.2, 0) is 0 Å². The maximum absolute atomic E-state index is 4.43. The lowest BCUT2D eigenvalue weighted by molar-refractivity contribution is 0.585. The van der Waals surface area contributed by atoms with Gasteiger partial charge < -0.3 is 5.32 Å². The van der Waals surface area contributed by atoms with Gasteiger partial charge in [0.05, 0.1) is 6.04 Å².